The molecule has 4 saturated carbocycles. The Kier molecular flexibility index (Phi) is 4.91. The van der Waals surface area contributed by atoms with Gasteiger partial charge >= 0.3 is 0 Å². The number of fused-ring (bicyclic) bond motifs is 5. The van der Waals surface area contributed by atoms with Gasteiger partial charge in [-0.15, -0.1) is 0 Å². The Morgan fingerprint density at radius 1 is 1.04 bits per heavy atom. The van der Waals surface area contributed by atoms with E-state index >= 15 is 0 Å². The summed E-state index contributed by atoms with van der Waals surface area (Å²) in [5.41, 5.74) is 8.15. The highest BCUT2D eigenvalue weighted by Gasteiger charge is 2.60. The van der Waals surface area contributed by atoms with Crippen LogP contribution in [0.2, 0.25) is 0 Å². The Hall–Kier alpha value is -0.800. The lowest BCUT2D eigenvalue weighted by Crippen LogP contribution is -2.54. The minimum atomic E-state index is 0.462. The molecule has 1 aromatic rings. The normalized spacial score (nSPS) is 48.0. The third-order valence-corrected chi connectivity index (χ3v) is 10.0. The van der Waals surface area contributed by atoms with Crippen LogP contribution in [0.1, 0.15) is 83.1 Å². The van der Waals surface area contributed by atoms with Gasteiger partial charge in [-0.2, -0.15) is 0 Å². The molecular formula is C25H39NO2. The predicted octanol–water partition coefficient (Wildman–Crippen LogP) is 5.75. The summed E-state index contributed by atoms with van der Waals surface area (Å²) >= 11 is 0. The van der Waals surface area contributed by atoms with Crippen molar-refractivity contribution >= 4 is 0 Å². The Labute approximate surface area is 170 Å². The van der Waals surface area contributed by atoms with E-state index in [-0.39, 0.29) is 0 Å². The smallest absolute Gasteiger partial charge is 0.0937 e. The Balaban J connectivity index is 1.34. The van der Waals surface area contributed by atoms with Gasteiger partial charge in [-0.3, -0.25) is 0 Å². The first kappa shape index (κ1) is 19.2. The summed E-state index contributed by atoms with van der Waals surface area (Å²) in [5, 5.41) is 0. The Morgan fingerprint density at radius 2 is 1.86 bits per heavy atom. The van der Waals surface area contributed by atoms with Crippen molar-refractivity contribution in [3.05, 3.63) is 24.2 Å². The van der Waals surface area contributed by atoms with E-state index in [2.05, 4.69) is 19.9 Å². The fourth-order valence-corrected chi connectivity index (χ4v) is 8.63. The lowest BCUT2D eigenvalue weighted by Gasteiger charge is -2.61. The number of furan rings is 1. The second-order valence-electron chi connectivity index (χ2n) is 10.9. The number of ether oxygens (including phenoxy) is 1. The number of nitrogens with two attached hydrogens (primary N) is 1. The van der Waals surface area contributed by atoms with Crippen LogP contribution in [0.4, 0.5) is 0 Å². The van der Waals surface area contributed by atoms with Gasteiger partial charge in [0.25, 0.3) is 0 Å². The highest BCUT2D eigenvalue weighted by atomic mass is 16.5. The van der Waals surface area contributed by atoms with Crippen LogP contribution in [0.3, 0.4) is 0 Å². The average Bonchev–Trinajstić information content (AvgIpc) is 3.33. The monoisotopic (exact) mass is 385 g/mol. The van der Waals surface area contributed by atoms with Gasteiger partial charge in [0, 0.05) is 6.54 Å². The average molecular weight is 386 g/mol. The first-order valence-electron chi connectivity index (χ1n) is 11.9. The molecule has 28 heavy (non-hydrogen) atoms. The maximum Gasteiger partial charge on any atom is 0.0937 e. The third kappa shape index (κ3) is 2.83. The summed E-state index contributed by atoms with van der Waals surface area (Å²) in [5.74, 6) is 4.36. The molecule has 156 valence electrons. The van der Waals surface area contributed by atoms with Crippen molar-refractivity contribution in [3.8, 4) is 0 Å². The van der Waals surface area contributed by atoms with E-state index in [4.69, 9.17) is 14.9 Å². The van der Waals surface area contributed by atoms with Crippen LogP contribution in [0, 0.1) is 34.5 Å². The topological polar surface area (TPSA) is 48.4 Å². The molecule has 3 nitrogen and oxygen atoms in total. The highest BCUT2D eigenvalue weighted by Crippen LogP contribution is 2.69. The van der Waals surface area contributed by atoms with Crippen molar-refractivity contribution in [2.24, 2.45) is 40.2 Å². The van der Waals surface area contributed by atoms with Gasteiger partial charge in [0.2, 0.25) is 0 Å². The number of hydrogen-bond acceptors (Lipinski definition) is 3. The van der Waals surface area contributed by atoms with Crippen LogP contribution in [0.5, 0.6) is 0 Å². The molecule has 0 amide bonds. The van der Waals surface area contributed by atoms with E-state index in [9.17, 15) is 0 Å². The zero-order chi connectivity index (χ0) is 19.4. The van der Waals surface area contributed by atoms with E-state index in [0.29, 0.717) is 29.4 Å². The Morgan fingerprint density at radius 3 is 2.64 bits per heavy atom. The summed E-state index contributed by atoms with van der Waals surface area (Å²) in [4.78, 5) is 0. The van der Waals surface area contributed by atoms with Crippen molar-refractivity contribution in [2.45, 2.75) is 83.7 Å². The summed E-state index contributed by atoms with van der Waals surface area (Å²) in [6.07, 6.45) is 16.7. The molecule has 0 unspecified atom stereocenters. The van der Waals surface area contributed by atoms with E-state index in [1.54, 1.807) is 0 Å². The largest absolute Gasteiger partial charge is 0.472 e. The molecule has 0 bridgehead atoms. The fourth-order valence-electron chi connectivity index (χ4n) is 8.63. The molecule has 8 atom stereocenters. The second-order valence-corrected chi connectivity index (χ2v) is 10.9. The molecule has 2 N–H and O–H groups in total. The van der Waals surface area contributed by atoms with Crippen molar-refractivity contribution in [1.82, 2.24) is 0 Å². The quantitative estimate of drug-likeness (QED) is 0.718. The molecular weight excluding hydrogens is 346 g/mol. The lowest BCUT2D eigenvalue weighted by molar-refractivity contribution is -0.130. The zero-order valence-corrected chi connectivity index (χ0v) is 17.9. The Bertz CT molecular complexity index is 672. The summed E-state index contributed by atoms with van der Waals surface area (Å²) in [6.45, 7) is 6.65. The van der Waals surface area contributed by atoms with Gasteiger partial charge in [-0.25, -0.2) is 0 Å². The van der Waals surface area contributed by atoms with Crippen LogP contribution in [0.25, 0.3) is 0 Å². The summed E-state index contributed by atoms with van der Waals surface area (Å²) in [7, 11) is 0. The summed E-state index contributed by atoms with van der Waals surface area (Å²) < 4.78 is 11.5. The number of hydrogen-bond donors (Lipinski definition) is 1. The lowest BCUT2D eigenvalue weighted by atomic mass is 9.44. The maximum absolute atomic E-state index is 6.07. The summed E-state index contributed by atoms with van der Waals surface area (Å²) in [6, 6.07) is 2.23. The SMILES string of the molecule is C[C@]12CC[C@H](OCCN)C[C@H]1CC[C@H]1[C@H]3CC[C@H](c4ccoc4)[C@@]3(C)CC[C@@H]12. The van der Waals surface area contributed by atoms with Gasteiger partial charge in [0.05, 0.1) is 25.2 Å². The fraction of sp³-hybridized carbons (Fsp3) is 0.840. The van der Waals surface area contributed by atoms with E-state index < -0.39 is 0 Å². The standard InChI is InChI=1S/C25H39NO2/c1-24-10-7-19(28-14-12-26)15-18(24)3-4-20-22-6-5-21(17-9-13-27-16-17)25(22,2)11-8-23(20)24/h9,13,16,18-23H,3-8,10-12,14-15,26H2,1-2H3/t18-,19+,20+,21-,22-,23+,24+,25-/m1/s1. The van der Waals surface area contributed by atoms with Gasteiger partial charge in [-0.05, 0) is 110 Å². The maximum atomic E-state index is 6.07. The van der Waals surface area contributed by atoms with Gasteiger partial charge in [0.15, 0.2) is 0 Å². The van der Waals surface area contributed by atoms with Crippen molar-refractivity contribution in [3.63, 3.8) is 0 Å². The van der Waals surface area contributed by atoms with E-state index in [1.807, 2.05) is 12.5 Å². The molecule has 0 spiro atoms. The number of rotatable bonds is 4. The molecule has 0 aliphatic heterocycles. The van der Waals surface area contributed by atoms with E-state index in [0.717, 1.165) is 30.3 Å². The van der Waals surface area contributed by atoms with Crippen LogP contribution >= 0.6 is 0 Å². The highest BCUT2D eigenvalue weighted by molar-refractivity contribution is 5.22. The molecule has 4 fully saturated rings. The second kappa shape index (κ2) is 7.16. The van der Waals surface area contributed by atoms with Crippen LogP contribution in [-0.4, -0.2) is 19.3 Å². The molecule has 5 rings (SSSR count). The first-order valence-corrected chi connectivity index (χ1v) is 11.9. The molecule has 4 aliphatic rings. The molecule has 0 radical (unpaired) electrons. The van der Waals surface area contributed by atoms with Gasteiger partial charge < -0.3 is 14.9 Å². The van der Waals surface area contributed by atoms with Crippen LogP contribution < -0.4 is 5.73 Å². The zero-order valence-electron chi connectivity index (χ0n) is 17.9. The first-order chi connectivity index (χ1) is 13.6. The molecule has 1 aromatic heterocycles. The van der Waals surface area contributed by atoms with E-state index in [1.165, 1.54) is 63.4 Å². The van der Waals surface area contributed by atoms with Crippen LogP contribution in [0.15, 0.2) is 23.0 Å². The van der Waals surface area contributed by atoms with Gasteiger partial charge in [-0.1, -0.05) is 13.8 Å². The minimum Gasteiger partial charge on any atom is -0.472 e. The van der Waals surface area contributed by atoms with Crippen LogP contribution in [-0.2, 0) is 4.74 Å². The molecule has 1 heterocycles. The molecule has 4 aliphatic carbocycles. The van der Waals surface area contributed by atoms with Crippen molar-refractivity contribution < 1.29 is 9.15 Å². The molecule has 3 heteroatoms. The minimum absolute atomic E-state index is 0.462. The predicted molar refractivity (Wildman–Crippen MR) is 112 cm³/mol. The molecule has 0 saturated heterocycles. The van der Waals surface area contributed by atoms with Gasteiger partial charge in [0.1, 0.15) is 0 Å². The van der Waals surface area contributed by atoms with Crippen molar-refractivity contribution in [1.29, 1.82) is 0 Å². The third-order valence-electron chi connectivity index (χ3n) is 10.0. The molecule has 0 aromatic carbocycles. The van der Waals surface area contributed by atoms with Crippen molar-refractivity contribution in [2.75, 3.05) is 13.2 Å².